The normalized spacial score (nSPS) is 17.2. The number of rotatable bonds is 10. The summed E-state index contributed by atoms with van der Waals surface area (Å²) in [6, 6.07) is 9.47. The third-order valence-electron chi connectivity index (χ3n) is 5.67. The van der Waals surface area contributed by atoms with E-state index < -0.39 is 17.7 Å². The van der Waals surface area contributed by atoms with E-state index in [1.54, 1.807) is 6.07 Å². The molecule has 0 radical (unpaired) electrons. The molecular formula is C26H30ClNO6. The molecule has 2 aromatic rings. The van der Waals surface area contributed by atoms with Crippen molar-refractivity contribution in [2.24, 2.45) is 0 Å². The first kappa shape index (κ1) is 25.4. The average Bonchev–Trinajstić information content (AvgIpc) is 3.10. The van der Waals surface area contributed by atoms with E-state index in [-0.39, 0.29) is 27.7 Å². The van der Waals surface area contributed by atoms with Crippen molar-refractivity contribution in [1.82, 2.24) is 4.90 Å². The minimum atomic E-state index is -0.776. The van der Waals surface area contributed by atoms with Crippen molar-refractivity contribution in [3.8, 4) is 17.2 Å². The number of carbonyl (C=O) groups excluding carboxylic acids is 2. The fourth-order valence-electron chi connectivity index (χ4n) is 3.97. The van der Waals surface area contributed by atoms with E-state index in [4.69, 9.17) is 25.8 Å². The first-order valence-electron chi connectivity index (χ1n) is 11.3. The quantitative estimate of drug-likeness (QED) is 0.275. The van der Waals surface area contributed by atoms with Crippen molar-refractivity contribution >= 4 is 29.1 Å². The first-order valence-corrected chi connectivity index (χ1v) is 11.7. The van der Waals surface area contributed by atoms with Gasteiger partial charge in [0.25, 0.3) is 11.7 Å². The van der Waals surface area contributed by atoms with Gasteiger partial charge in [-0.25, -0.2) is 0 Å². The van der Waals surface area contributed by atoms with Crippen molar-refractivity contribution in [2.45, 2.75) is 39.2 Å². The Morgan fingerprint density at radius 2 is 1.79 bits per heavy atom. The van der Waals surface area contributed by atoms with Crippen molar-refractivity contribution in [3.05, 3.63) is 58.1 Å². The highest BCUT2D eigenvalue weighted by molar-refractivity contribution is 6.46. The van der Waals surface area contributed by atoms with Crippen LogP contribution in [0.1, 0.15) is 50.3 Å². The van der Waals surface area contributed by atoms with Crippen LogP contribution in [0, 0.1) is 0 Å². The molecule has 2 aromatic carbocycles. The van der Waals surface area contributed by atoms with Crippen LogP contribution in [0.25, 0.3) is 5.76 Å². The molecule has 1 unspecified atom stereocenters. The van der Waals surface area contributed by atoms with Crippen LogP contribution in [-0.2, 0) is 9.59 Å². The summed E-state index contributed by atoms with van der Waals surface area (Å²) in [4.78, 5) is 27.8. The lowest BCUT2D eigenvalue weighted by Gasteiger charge is -2.25. The molecule has 1 fully saturated rings. The number of hydrogen-bond donors (Lipinski definition) is 1. The molecule has 0 aliphatic carbocycles. The number of unbranched alkanes of at least 4 members (excludes halogenated alkanes) is 1. The minimum Gasteiger partial charge on any atom is -0.507 e. The van der Waals surface area contributed by atoms with E-state index in [9.17, 15) is 14.7 Å². The third-order valence-corrected chi connectivity index (χ3v) is 5.96. The Bertz CT molecular complexity index is 1100. The molecule has 1 atom stereocenters. The van der Waals surface area contributed by atoms with Crippen LogP contribution in [0.3, 0.4) is 0 Å². The second-order valence-corrected chi connectivity index (χ2v) is 8.36. The van der Waals surface area contributed by atoms with E-state index >= 15 is 0 Å². The van der Waals surface area contributed by atoms with Gasteiger partial charge in [0.1, 0.15) is 23.0 Å². The Balaban J connectivity index is 2.21. The molecule has 1 aliphatic heterocycles. The fraction of sp³-hybridized carbons (Fsp3) is 0.385. The highest BCUT2D eigenvalue weighted by Crippen LogP contribution is 2.43. The first-order chi connectivity index (χ1) is 16.4. The summed E-state index contributed by atoms with van der Waals surface area (Å²) in [6.45, 7) is 4.94. The largest absolute Gasteiger partial charge is 0.507 e. The molecule has 182 valence electrons. The van der Waals surface area contributed by atoms with Crippen molar-refractivity contribution in [2.75, 3.05) is 27.4 Å². The van der Waals surface area contributed by atoms with Gasteiger partial charge in [-0.15, -0.1) is 0 Å². The Kier molecular flexibility index (Phi) is 8.45. The van der Waals surface area contributed by atoms with Gasteiger partial charge in [0.05, 0.1) is 43.0 Å². The monoisotopic (exact) mass is 487 g/mol. The van der Waals surface area contributed by atoms with Crippen molar-refractivity contribution in [1.29, 1.82) is 0 Å². The number of Topliss-reactive ketones (excluding diaryl/α,β-unsaturated/α-hetero) is 1. The number of nitrogens with zero attached hydrogens (tertiary/aromatic N) is 1. The molecule has 8 heteroatoms. The summed E-state index contributed by atoms with van der Waals surface area (Å²) in [5, 5.41) is 11.6. The van der Waals surface area contributed by atoms with Gasteiger partial charge < -0.3 is 24.2 Å². The van der Waals surface area contributed by atoms with E-state index in [0.717, 1.165) is 12.8 Å². The zero-order valence-electron chi connectivity index (χ0n) is 19.9. The Morgan fingerprint density at radius 1 is 1.06 bits per heavy atom. The molecule has 1 N–H and O–H groups in total. The highest BCUT2D eigenvalue weighted by atomic mass is 35.5. The van der Waals surface area contributed by atoms with Gasteiger partial charge in [0, 0.05) is 12.6 Å². The Morgan fingerprint density at radius 3 is 2.44 bits per heavy atom. The topological polar surface area (TPSA) is 85.3 Å². The lowest BCUT2D eigenvalue weighted by atomic mass is 9.94. The Labute approximate surface area is 204 Å². The summed E-state index contributed by atoms with van der Waals surface area (Å²) in [5.74, 6) is -0.520. The Hall–Kier alpha value is -3.19. The maximum atomic E-state index is 13.2. The summed E-state index contributed by atoms with van der Waals surface area (Å²) in [6.07, 6.45) is 2.40. The van der Waals surface area contributed by atoms with Crippen LogP contribution >= 0.6 is 11.6 Å². The van der Waals surface area contributed by atoms with Crippen LogP contribution in [0.5, 0.6) is 17.2 Å². The molecule has 0 spiro atoms. The summed E-state index contributed by atoms with van der Waals surface area (Å²) >= 11 is 6.30. The second-order valence-electron chi connectivity index (χ2n) is 7.95. The number of ketones is 1. The number of aliphatic hydroxyl groups is 1. The smallest absolute Gasteiger partial charge is 0.295 e. The van der Waals surface area contributed by atoms with E-state index in [1.807, 2.05) is 32.0 Å². The molecule has 0 saturated carbocycles. The van der Waals surface area contributed by atoms with Crippen LogP contribution in [0.15, 0.2) is 42.0 Å². The second kappa shape index (κ2) is 11.3. The van der Waals surface area contributed by atoms with Gasteiger partial charge in [-0.05, 0) is 36.6 Å². The van der Waals surface area contributed by atoms with Gasteiger partial charge >= 0.3 is 0 Å². The predicted octanol–water partition coefficient (Wildman–Crippen LogP) is 5.37. The molecule has 1 heterocycles. The average molecular weight is 488 g/mol. The van der Waals surface area contributed by atoms with Crippen LogP contribution in [-0.4, -0.2) is 49.1 Å². The molecule has 1 aliphatic rings. The van der Waals surface area contributed by atoms with Crippen LogP contribution in [0.2, 0.25) is 5.02 Å². The number of carbonyl (C=O) groups is 2. The van der Waals surface area contributed by atoms with Crippen molar-refractivity contribution < 1.29 is 28.9 Å². The van der Waals surface area contributed by atoms with E-state index in [1.165, 1.54) is 31.3 Å². The van der Waals surface area contributed by atoms with Gasteiger partial charge in [0.2, 0.25) is 0 Å². The molecular weight excluding hydrogens is 458 g/mol. The van der Waals surface area contributed by atoms with E-state index in [2.05, 4.69) is 0 Å². The standard InChI is InChI=1S/C26H30ClNO6/c1-5-7-11-28-23(16-9-8-10-17(13-16)34-12-6-2)22(25(30)26(28)31)24(29)18-14-19(27)21(33-4)15-20(18)32-3/h8-10,13-15,23,29H,5-7,11-12H2,1-4H3/b24-22+. The van der Waals surface area contributed by atoms with Gasteiger partial charge in [-0.3, -0.25) is 9.59 Å². The molecule has 3 rings (SSSR count). The predicted molar refractivity (Wildman–Crippen MR) is 131 cm³/mol. The lowest BCUT2D eigenvalue weighted by Crippen LogP contribution is -2.30. The van der Waals surface area contributed by atoms with Crippen LogP contribution < -0.4 is 14.2 Å². The minimum absolute atomic E-state index is 0.0201. The third kappa shape index (κ3) is 4.99. The number of benzene rings is 2. The van der Waals surface area contributed by atoms with Crippen LogP contribution in [0.4, 0.5) is 0 Å². The SMILES string of the molecule is CCCCN1C(=O)C(=O)/C(=C(/O)c2cc(Cl)c(OC)cc2OC)C1c1cccc(OCCC)c1. The maximum absolute atomic E-state index is 13.2. The number of aliphatic hydroxyl groups excluding tert-OH is 1. The molecule has 0 bridgehead atoms. The summed E-state index contributed by atoms with van der Waals surface area (Å²) in [7, 11) is 2.90. The number of halogens is 1. The summed E-state index contributed by atoms with van der Waals surface area (Å²) in [5.41, 5.74) is 0.850. The number of likely N-dealkylation sites (tertiary alicyclic amines) is 1. The lowest BCUT2D eigenvalue weighted by molar-refractivity contribution is -0.139. The van der Waals surface area contributed by atoms with Gasteiger partial charge in [0.15, 0.2) is 0 Å². The van der Waals surface area contributed by atoms with Gasteiger partial charge in [-0.2, -0.15) is 0 Å². The highest BCUT2D eigenvalue weighted by Gasteiger charge is 2.46. The molecule has 34 heavy (non-hydrogen) atoms. The number of ether oxygens (including phenoxy) is 3. The molecule has 7 nitrogen and oxygen atoms in total. The molecule has 1 amide bonds. The summed E-state index contributed by atoms with van der Waals surface area (Å²) < 4.78 is 16.4. The van der Waals surface area contributed by atoms with Crippen molar-refractivity contribution in [3.63, 3.8) is 0 Å². The molecule has 1 saturated heterocycles. The maximum Gasteiger partial charge on any atom is 0.295 e. The fourth-order valence-corrected chi connectivity index (χ4v) is 4.21. The number of hydrogen-bond acceptors (Lipinski definition) is 6. The number of amides is 1. The molecule has 0 aromatic heterocycles. The zero-order chi connectivity index (χ0) is 24.8. The number of methoxy groups -OCH3 is 2. The van der Waals surface area contributed by atoms with E-state index in [0.29, 0.717) is 36.6 Å². The van der Waals surface area contributed by atoms with Gasteiger partial charge in [-0.1, -0.05) is 44.0 Å². The zero-order valence-corrected chi connectivity index (χ0v) is 20.6.